The molecule has 1 rings (SSSR count). The summed E-state index contributed by atoms with van der Waals surface area (Å²) in [5.74, 6) is -0.649. The largest absolute Gasteiger partial charge is 0.434 e. The fourth-order valence-corrected chi connectivity index (χ4v) is 1.51. The summed E-state index contributed by atoms with van der Waals surface area (Å²) in [5.41, 5.74) is -1.53. The molecule has 18 heavy (non-hydrogen) atoms. The molecule has 0 unspecified atom stereocenters. The first-order valence-corrected chi connectivity index (χ1v) is 5.65. The molecule has 0 N–H and O–H groups in total. The summed E-state index contributed by atoms with van der Waals surface area (Å²) in [6.07, 6.45) is -1.95. The molecule has 6 heteroatoms. The van der Waals surface area contributed by atoms with Gasteiger partial charge in [0.05, 0.1) is 5.56 Å². The van der Waals surface area contributed by atoms with Gasteiger partial charge in [0, 0.05) is 19.8 Å². The lowest BCUT2D eigenvalue weighted by Gasteiger charge is -2.18. The Balaban J connectivity index is 2.99. The van der Waals surface area contributed by atoms with Gasteiger partial charge in [-0.05, 0) is 18.6 Å². The number of aromatic nitrogens is 1. The number of hydrogen-bond acceptors (Lipinski definition) is 2. The number of unbranched alkanes of at least 4 members (excludes halogenated alkanes) is 1. The van der Waals surface area contributed by atoms with E-state index in [9.17, 15) is 18.0 Å². The Labute approximate surface area is 104 Å². The van der Waals surface area contributed by atoms with Crippen LogP contribution in [0.25, 0.3) is 0 Å². The molecule has 1 aromatic rings. The van der Waals surface area contributed by atoms with Crippen LogP contribution in [0.15, 0.2) is 18.3 Å². The molecular formula is C12H15F3N2O. The van der Waals surface area contributed by atoms with Crippen LogP contribution in [0, 0.1) is 0 Å². The highest BCUT2D eigenvalue weighted by Crippen LogP contribution is 2.30. The van der Waals surface area contributed by atoms with Crippen molar-refractivity contribution >= 4 is 5.91 Å². The quantitative estimate of drug-likeness (QED) is 0.833. The predicted molar refractivity (Wildman–Crippen MR) is 61.1 cm³/mol. The first-order valence-electron chi connectivity index (χ1n) is 5.65. The smallest absolute Gasteiger partial charge is 0.342 e. The van der Waals surface area contributed by atoms with Gasteiger partial charge in [-0.3, -0.25) is 9.78 Å². The number of rotatable bonds is 4. The SMILES string of the molecule is CCCCN(C)C(=O)c1cccnc1C(F)(F)F. The molecule has 1 amide bonds. The lowest BCUT2D eigenvalue weighted by atomic mass is 10.1. The van der Waals surface area contributed by atoms with Gasteiger partial charge in [-0.25, -0.2) is 0 Å². The van der Waals surface area contributed by atoms with Crippen LogP contribution in [0.2, 0.25) is 0 Å². The molecule has 0 radical (unpaired) electrons. The van der Waals surface area contributed by atoms with Gasteiger partial charge in [-0.15, -0.1) is 0 Å². The van der Waals surface area contributed by atoms with Crippen LogP contribution in [-0.4, -0.2) is 29.4 Å². The number of halogens is 3. The van der Waals surface area contributed by atoms with Crippen molar-refractivity contribution in [3.8, 4) is 0 Å². The molecule has 1 heterocycles. The third kappa shape index (κ3) is 3.45. The molecule has 0 aliphatic heterocycles. The molecule has 0 saturated heterocycles. The molecule has 0 fully saturated rings. The van der Waals surface area contributed by atoms with Gasteiger partial charge in [-0.2, -0.15) is 13.2 Å². The maximum absolute atomic E-state index is 12.7. The van der Waals surface area contributed by atoms with Gasteiger partial charge in [0.1, 0.15) is 0 Å². The Morgan fingerprint density at radius 3 is 2.67 bits per heavy atom. The standard InChI is InChI=1S/C12H15F3N2O/c1-3-4-8-17(2)11(18)9-6-5-7-16-10(9)12(13,14)15/h5-7H,3-4,8H2,1-2H3. The lowest BCUT2D eigenvalue weighted by Crippen LogP contribution is -2.30. The van der Waals surface area contributed by atoms with Crippen LogP contribution in [0.3, 0.4) is 0 Å². The molecule has 0 aliphatic rings. The van der Waals surface area contributed by atoms with E-state index in [2.05, 4.69) is 4.98 Å². The molecule has 3 nitrogen and oxygen atoms in total. The fourth-order valence-electron chi connectivity index (χ4n) is 1.51. The van der Waals surface area contributed by atoms with Crippen LogP contribution < -0.4 is 0 Å². The highest BCUT2D eigenvalue weighted by Gasteiger charge is 2.37. The van der Waals surface area contributed by atoms with Crippen LogP contribution in [0.1, 0.15) is 35.8 Å². The molecule has 100 valence electrons. The predicted octanol–water partition coefficient (Wildman–Crippen LogP) is 2.97. The first kappa shape index (κ1) is 14.5. The summed E-state index contributed by atoms with van der Waals surface area (Å²) in [5, 5.41) is 0. The Bertz CT molecular complexity index is 418. The number of pyridine rings is 1. The molecule has 0 spiro atoms. The second-order valence-corrected chi connectivity index (χ2v) is 3.98. The van der Waals surface area contributed by atoms with Crippen molar-refractivity contribution in [2.24, 2.45) is 0 Å². The third-order valence-electron chi connectivity index (χ3n) is 2.50. The van der Waals surface area contributed by atoms with Gasteiger partial charge in [0.15, 0.2) is 5.69 Å². The van der Waals surface area contributed by atoms with E-state index in [1.54, 1.807) is 0 Å². The van der Waals surface area contributed by atoms with E-state index < -0.39 is 23.3 Å². The second kappa shape index (κ2) is 5.84. The summed E-state index contributed by atoms with van der Waals surface area (Å²) in [7, 11) is 1.49. The molecule has 0 atom stereocenters. The van der Waals surface area contributed by atoms with E-state index in [0.717, 1.165) is 25.1 Å². The Morgan fingerprint density at radius 1 is 1.44 bits per heavy atom. The lowest BCUT2D eigenvalue weighted by molar-refractivity contribution is -0.141. The fraction of sp³-hybridized carbons (Fsp3) is 0.500. The van der Waals surface area contributed by atoms with Gasteiger partial charge in [-0.1, -0.05) is 13.3 Å². The molecule has 1 aromatic heterocycles. The number of nitrogens with zero attached hydrogens (tertiary/aromatic N) is 2. The van der Waals surface area contributed by atoms with E-state index in [-0.39, 0.29) is 0 Å². The first-order chi connectivity index (χ1) is 8.38. The average molecular weight is 260 g/mol. The van der Waals surface area contributed by atoms with E-state index in [4.69, 9.17) is 0 Å². The summed E-state index contributed by atoms with van der Waals surface area (Å²) >= 11 is 0. The molecule has 0 aromatic carbocycles. The van der Waals surface area contributed by atoms with E-state index >= 15 is 0 Å². The monoisotopic (exact) mass is 260 g/mol. The van der Waals surface area contributed by atoms with E-state index in [0.29, 0.717) is 6.54 Å². The topological polar surface area (TPSA) is 33.2 Å². The van der Waals surface area contributed by atoms with Crippen molar-refractivity contribution in [3.05, 3.63) is 29.6 Å². The van der Waals surface area contributed by atoms with Crippen molar-refractivity contribution in [1.82, 2.24) is 9.88 Å². The highest BCUT2D eigenvalue weighted by molar-refractivity contribution is 5.95. The van der Waals surface area contributed by atoms with E-state index in [1.807, 2.05) is 6.92 Å². The molecule has 0 aliphatic carbocycles. The zero-order valence-corrected chi connectivity index (χ0v) is 10.3. The number of carbonyl (C=O) groups is 1. The van der Waals surface area contributed by atoms with Crippen molar-refractivity contribution in [3.63, 3.8) is 0 Å². The Kier molecular flexibility index (Phi) is 4.69. The van der Waals surface area contributed by atoms with Gasteiger partial charge in [0.25, 0.3) is 5.91 Å². The minimum absolute atomic E-state index is 0.399. The van der Waals surface area contributed by atoms with Gasteiger partial charge in [0.2, 0.25) is 0 Å². The minimum atomic E-state index is -4.61. The van der Waals surface area contributed by atoms with Crippen LogP contribution in [0.5, 0.6) is 0 Å². The van der Waals surface area contributed by atoms with Crippen molar-refractivity contribution in [2.45, 2.75) is 25.9 Å². The Morgan fingerprint density at radius 2 is 2.11 bits per heavy atom. The third-order valence-corrected chi connectivity index (χ3v) is 2.50. The summed E-state index contributed by atoms with van der Waals surface area (Å²) < 4.78 is 38.1. The van der Waals surface area contributed by atoms with Crippen molar-refractivity contribution in [2.75, 3.05) is 13.6 Å². The maximum Gasteiger partial charge on any atom is 0.434 e. The van der Waals surface area contributed by atoms with Crippen LogP contribution in [-0.2, 0) is 6.18 Å². The van der Waals surface area contributed by atoms with Gasteiger partial charge >= 0.3 is 6.18 Å². The molecule has 0 saturated carbocycles. The summed E-state index contributed by atoms with van der Waals surface area (Å²) in [4.78, 5) is 16.5. The summed E-state index contributed by atoms with van der Waals surface area (Å²) in [6.45, 7) is 2.38. The van der Waals surface area contributed by atoms with Crippen molar-refractivity contribution < 1.29 is 18.0 Å². The average Bonchev–Trinajstić information content (AvgIpc) is 2.34. The minimum Gasteiger partial charge on any atom is -0.342 e. The van der Waals surface area contributed by atoms with Crippen molar-refractivity contribution in [1.29, 1.82) is 0 Å². The van der Waals surface area contributed by atoms with Crippen LogP contribution in [0.4, 0.5) is 13.2 Å². The molecule has 0 bridgehead atoms. The number of carbonyl (C=O) groups excluding carboxylic acids is 1. The normalized spacial score (nSPS) is 11.4. The number of amides is 1. The zero-order valence-electron chi connectivity index (χ0n) is 10.3. The van der Waals surface area contributed by atoms with Gasteiger partial charge < -0.3 is 4.90 Å². The number of alkyl halides is 3. The molecular weight excluding hydrogens is 245 g/mol. The van der Waals surface area contributed by atoms with E-state index in [1.165, 1.54) is 18.0 Å². The highest BCUT2D eigenvalue weighted by atomic mass is 19.4. The van der Waals surface area contributed by atoms with Crippen LogP contribution >= 0.6 is 0 Å². The zero-order chi connectivity index (χ0) is 13.8. The second-order valence-electron chi connectivity index (χ2n) is 3.98. The Hall–Kier alpha value is -1.59. The number of hydrogen-bond donors (Lipinski definition) is 0. The summed E-state index contributed by atoms with van der Waals surface area (Å²) in [6, 6.07) is 2.48. The maximum atomic E-state index is 12.7.